The Balaban J connectivity index is 1.44. The van der Waals surface area contributed by atoms with Crippen LogP contribution in [-0.4, -0.2) is 126 Å². The van der Waals surface area contributed by atoms with Crippen LogP contribution < -0.4 is 10.8 Å². The molecule has 0 aliphatic carbocycles. The molecule has 4 N–H and O–H groups in total. The molecule has 2 atom stereocenters. The summed E-state index contributed by atoms with van der Waals surface area (Å²) in [5.74, 6) is 0.641. The first-order valence-corrected chi connectivity index (χ1v) is 13.3. The minimum Gasteiger partial charge on any atom is -0.444 e. The van der Waals surface area contributed by atoms with E-state index in [1.165, 1.54) is 0 Å². The predicted molar refractivity (Wildman–Crippen MR) is 141 cm³/mol. The van der Waals surface area contributed by atoms with Gasteiger partial charge in [-0.3, -0.25) is 21.0 Å². The Hall–Kier alpha value is -2.41. The third-order valence-corrected chi connectivity index (χ3v) is 7.25. The number of hydroxylamine groups is 1. The van der Waals surface area contributed by atoms with E-state index >= 15 is 0 Å². The molecule has 0 radical (unpaired) electrons. The molecule has 4 aliphatic rings. The Bertz CT molecular complexity index is 905. The standard InChI is InChI=1S/C25H44N8O4/c1-18-14-30(15-25(5)16-36-17-25)7-6-8-33(18)22-27-19(21(26)29-35)13-20(28-22)31-9-11-32(12-10-31)23(34)37-24(2,3)4/h13,18,22,27,35H,6-12,14-17H2,1-5H3,(H2,26,29)/t18-,22?/m0/s1. The maximum Gasteiger partial charge on any atom is 0.410 e. The van der Waals surface area contributed by atoms with Crippen molar-refractivity contribution in [1.82, 2.24) is 30.4 Å². The smallest absolute Gasteiger partial charge is 0.410 e. The molecule has 4 rings (SSSR count). The SMILES string of the molecule is C[C@H]1CN(CC2(C)COC2)CCCN1C1N=C(N2CCN(C(=O)OC(C)(C)C)CC2)C=C(C(=N)NO)N1. The lowest BCUT2D eigenvalue weighted by Gasteiger charge is -2.43. The van der Waals surface area contributed by atoms with E-state index in [1.54, 1.807) is 11.0 Å². The first-order valence-electron chi connectivity index (χ1n) is 13.3. The lowest BCUT2D eigenvalue weighted by molar-refractivity contribution is -0.115. The van der Waals surface area contributed by atoms with Crippen LogP contribution in [0, 0.1) is 10.8 Å². The third kappa shape index (κ3) is 6.92. The Kier molecular flexibility index (Phi) is 8.32. The van der Waals surface area contributed by atoms with Crippen molar-refractivity contribution in [2.75, 3.05) is 65.6 Å². The van der Waals surface area contributed by atoms with Crippen LogP contribution >= 0.6 is 0 Å². The largest absolute Gasteiger partial charge is 0.444 e. The summed E-state index contributed by atoms with van der Waals surface area (Å²) in [5, 5.41) is 21.0. The zero-order valence-corrected chi connectivity index (χ0v) is 22.9. The minimum atomic E-state index is -0.529. The van der Waals surface area contributed by atoms with Crippen molar-refractivity contribution in [2.45, 2.75) is 59.0 Å². The fraction of sp³-hybridized carbons (Fsp3) is 0.800. The summed E-state index contributed by atoms with van der Waals surface area (Å²) in [4.78, 5) is 26.3. The number of aliphatic imine (C=N–C) groups is 1. The van der Waals surface area contributed by atoms with E-state index < -0.39 is 5.60 Å². The van der Waals surface area contributed by atoms with E-state index in [-0.39, 0.29) is 29.7 Å². The first kappa shape index (κ1) is 27.6. The van der Waals surface area contributed by atoms with Gasteiger partial charge >= 0.3 is 6.09 Å². The molecule has 208 valence electrons. The van der Waals surface area contributed by atoms with Crippen LogP contribution in [0.15, 0.2) is 16.8 Å². The van der Waals surface area contributed by atoms with Gasteiger partial charge < -0.3 is 29.5 Å². The first-order chi connectivity index (χ1) is 17.5. The van der Waals surface area contributed by atoms with Crippen molar-refractivity contribution in [3.8, 4) is 0 Å². The highest BCUT2D eigenvalue weighted by molar-refractivity contribution is 6.04. The molecule has 12 nitrogen and oxygen atoms in total. The molecule has 4 heterocycles. The Labute approximate surface area is 220 Å². The molecule has 1 amide bonds. The average Bonchev–Trinajstić information content (AvgIpc) is 3.01. The molecule has 0 saturated carbocycles. The van der Waals surface area contributed by atoms with Crippen molar-refractivity contribution in [3.05, 3.63) is 11.8 Å². The van der Waals surface area contributed by atoms with Crippen LogP contribution in [0.4, 0.5) is 4.79 Å². The Morgan fingerprint density at radius 3 is 2.57 bits per heavy atom. The van der Waals surface area contributed by atoms with E-state index in [0.29, 0.717) is 31.9 Å². The third-order valence-electron chi connectivity index (χ3n) is 7.25. The van der Waals surface area contributed by atoms with Gasteiger partial charge in [0.2, 0.25) is 0 Å². The molecule has 3 fully saturated rings. The van der Waals surface area contributed by atoms with Crippen LogP contribution in [0.5, 0.6) is 0 Å². The van der Waals surface area contributed by atoms with Gasteiger partial charge in [-0.15, -0.1) is 0 Å². The summed E-state index contributed by atoms with van der Waals surface area (Å²) in [6, 6.07) is 0.245. The van der Waals surface area contributed by atoms with Crippen LogP contribution in [0.3, 0.4) is 0 Å². The van der Waals surface area contributed by atoms with Gasteiger partial charge in [0.15, 0.2) is 12.1 Å². The van der Waals surface area contributed by atoms with E-state index in [4.69, 9.17) is 19.9 Å². The summed E-state index contributed by atoms with van der Waals surface area (Å²) < 4.78 is 11.0. The second-order valence-corrected chi connectivity index (χ2v) is 12.0. The van der Waals surface area contributed by atoms with Crippen molar-refractivity contribution in [2.24, 2.45) is 10.4 Å². The van der Waals surface area contributed by atoms with Crippen LogP contribution in [0.25, 0.3) is 0 Å². The topological polar surface area (TPSA) is 129 Å². The Morgan fingerprint density at radius 1 is 1.27 bits per heavy atom. The number of nitrogens with one attached hydrogen (secondary N) is 3. The van der Waals surface area contributed by atoms with Gasteiger partial charge in [-0.25, -0.2) is 9.79 Å². The second-order valence-electron chi connectivity index (χ2n) is 12.0. The average molecular weight is 521 g/mol. The normalized spacial score (nSPS) is 27.3. The van der Waals surface area contributed by atoms with Crippen molar-refractivity contribution in [1.29, 1.82) is 5.41 Å². The highest BCUT2D eigenvalue weighted by atomic mass is 16.6. The van der Waals surface area contributed by atoms with Crippen LogP contribution in [0.1, 0.15) is 41.0 Å². The number of hydrogen-bond donors (Lipinski definition) is 4. The lowest BCUT2D eigenvalue weighted by atomic mass is 9.88. The predicted octanol–water partition coefficient (Wildman–Crippen LogP) is 1.10. The summed E-state index contributed by atoms with van der Waals surface area (Å²) in [6.45, 7) is 17.9. The van der Waals surface area contributed by atoms with Gasteiger partial charge in [0.25, 0.3) is 0 Å². The molecular weight excluding hydrogens is 476 g/mol. The van der Waals surface area contributed by atoms with Gasteiger partial charge in [-0.1, -0.05) is 6.92 Å². The minimum absolute atomic E-state index is 0.105. The molecule has 3 saturated heterocycles. The summed E-state index contributed by atoms with van der Waals surface area (Å²) in [6.07, 6.45) is 2.15. The highest BCUT2D eigenvalue weighted by Gasteiger charge is 2.38. The van der Waals surface area contributed by atoms with E-state index in [9.17, 15) is 10.0 Å². The number of rotatable bonds is 4. The van der Waals surface area contributed by atoms with Gasteiger partial charge in [-0.2, -0.15) is 0 Å². The second kappa shape index (κ2) is 11.1. The van der Waals surface area contributed by atoms with Gasteiger partial charge in [0, 0.05) is 63.3 Å². The zero-order chi connectivity index (χ0) is 26.8. The molecule has 0 aromatic carbocycles. The molecule has 0 bridgehead atoms. The number of amides is 1. The monoisotopic (exact) mass is 520 g/mol. The molecule has 0 aromatic rings. The number of nitrogens with zero attached hydrogens (tertiary/aromatic N) is 5. The molecule has 0 spiro atoms. The number of carbonyl (C=O) groups is 1. The summed E-state index contributed by atoms with van der Waals surface area (Å²) >= 11 is 0. The fourth-order valence-electron chi connectivity index (χ4n) is 5.34. The zero-order valence-electron chi connectivity index (χ0n) is 22.9. The summed E-state index contributed by atoms with van der Waals surface area (Å²) in [7, 11) is 0. The molecule has 1 unspecified atom stereocenters. The van der Waals surface area contributed by atoms with E-state index in [1.807, 2.05) is 26.3 Å². The number of carbonyl (C=O) groups excluding carboxylic acids is 1. The molecule has 0 aromatic heterocycles. The molecular formula is C25H44N8O4. The number of ether oxygens (including phenoxy) is 2. The molecule has 4 aliphatic heterocycles. The van der Waals surface area contributed by atoms with E-state index in [2.05, 4.69) is 33.9 Å². The lowest BCUT2D eigenvalue weighted by Crippen LogP contribution is -2.56. The maximum absolute atomic E-state index is 12.5. The van der Waals surface area contributed by atoms with E-state index in [0.717, 1.165) is 51.6 Å². The highest BCUT2D eigenvalue weighted by Crippen LogP contribution is 2.29. The van der Waals surface area contributed by atoms with Crippen LogP contribution in [-0.2, 0) is 9.47 Å². The fourth-order valence-corrected chi connectivity index (χ4v) is 5.34. The number of amidine groups is 2. The van der Waals surface area contributed by atoms with Crippen LogP contribution in [0.2, 0.25) is 0 Å². The molecule has 12 heteroatoms. The number of hydrogen-bond acceptors (Lipinski definition) is 10. The molecule has 37 heavy (non-hydrogen) atoms. The van der Waals surface area contributed by atoms with Gasteiger partial charge in [0.05, 0.1) is 18.9 Å². The maximum atomic E-state index is 12.5. The van der Waals surface area contributed by atoms with Crippen molar-refractivity contribution >= 4 is 17.8 Å². The van der Waals surface area contributed by atoms with Crippen molar-refractivity contribution in [3.63, 3.8) is 0 Å². The summed E-state index contributed by atoms with van der Waals surface area (Å²) in [5.41, 5.74) is 2.16. The number of piperazine rings is 1. The van der Waals surface area contributed by atoms with Gasteiger partial charge in [0.1, 0.15) is 11.4 Å². The van der Waals surface area contributed by atoms with Gasteiger partial charge in [-0.05, 0) is 40.7 Å². The Morgan fingerprint density at radius 2 is 1.97 bits per heavy atom. The quantitative estimate of drug-likeness (QED) is 0.245. The van der Waals surface area contributed by atoms with Crippen molar-refractivity contribution < 1.29 is 19.5 Å².